The second-order valence-electron chi connectivity index (χ2n) is 8.08. The number of nitrogens with zero attached hydrogens (tertiary/aromatic N) is 2. The van der Waals surface area contributed by atoms with E-state index < -0.39 is 6.10 Å². The minimum Gasteiger partial charge on any atom is -0.488 e. The number of hydrogen-bond donors (Lipinski definition) is 3. The molecule has 0 aliphatic rings. The molecule has 3 N–H and O–H groups in total. The first-order chi connectivity index (χ1) is 14.4. The van der Waals surface area contributed by atoms with Crippen LogP contribution in [0.25, 0.3) is 0 Å². The Morgan fingerprint density at radius 3 is 2.57 bits per heavy atom. The predicted molar refractivity (Wildman–Crippen MR) is 116 cm³/mol. The summed E-state index contributed by atoms with van der Waals surface area (Å²) in [5, 5.41) is 20.0. The Morgan fingerprint density at radius 2 is 1.90 bits per heavy atom. The van der Waals surface area contributed by atoms with Crippen molar-refractivity contribution in [3.8, 4) is 17.4 Å². The van der Waals surface area contributed by atoms with Gasteiger partial charge in [-0.05, 0) is 56.9 Å². The van der Waals surface area contributed by atoms with Gasteiger partial charge in [-0.2, -0.15) is 5.10 Å². The van der Waals surface area contributed by atoms with Gasteiger partial charge in [-0.1, -0.05) is 18.2 Å². The number of nitrogens with one attached hydrogen (secondary N) is 2. The van der Waals surface area contributed by atoms with Crippen LogP contribution in [0.1, 0.15) is 31.4 Å². The van der Waals surface area contributed by atoms with Crippen molar-refractivity contribution < 1.29 is 14.6 Å². The van der Waals surface area contributed by atoms with Crippen LogP contribution >= 0.6 is 0 Å². The molecule has 0 amide bonds. The number of aliphatic hydroxyl groups excluding tert-OH is 1. The van der Waals surface area contributed by atoms with Crippen molar-refractivity contribution in [1.82, 2.24) is 20.5 Å². The molecule has 0 bridgehead atoms. The van der Waals surface area contributed by atoms with Crippen molar-refractivity contribution >= 4 is 0 Å². The standard InChI is InChI=1S/C23H30N4O3/c1-17-4-9-22(24-12-17)30-20-7-5-18(6-8-20)10-11-23(2,3)25-13-19(28)16-29-21-14-26-27-15-21/h4-9,12,14-15,19,25,28H,10-11,13,16H2,1-3H3,(H,26,27). The van der Waals surface area contributed by atoms with Gasteiger partial charge in [0.05, 0.1) is 12.4 Å². The molecule has 2 aromatic heterocycles. The van der Waals surface area contributed by atoms with Gasteiger partial charge in [0.1, 0.15) is 18.5 Å². The lowest BCUT2D eigenvalue weighted by molar-refractivity contribution is 0.0982. The molecule has 3 rings (SSSR count). The van der Waals surface area contributed by atoms with Crippen molar-refractivity contribution in [1.29, 1.82) is 0 Å². The number of aromatic amines is 1. The number of pyridine rings is 1. The van der Waals surface area contributed by atoms with E-state index >= 15 is 0 Å². The van der Waals surface area contributed by atoms with Crippen molar-refractivity contribution in [3.63, 3.8) is 0 Å². The van der Waals surface area contributed by atoms with Gasteiger partial charge in [-0.15, -0.1) is 0 Å². The Balaban J connectivity index is 1.40. The Bertz CT molecular complexity index is 878. The third-order valence-corrected chi connectivity index (χ3v) is 4.80. The fraction of sp³-hybridized carbons (Fsp3) is 0.391. The molecule has 0 saturated carbocycles. The van der Waals surface area contributed by atoms with Crippen LogP contribution in [0.5, 0.6) is 17.4 Å². The molecular formula is C23H30N4O3. The van der Waals surface area contributed by atoms with Crippen LogP contribution < -0.4 is 14.8 Å². The Labute approximate surface area is 177 Å². The summed E-state index contributed by atoms with van der Waals surface area (Å²) < 4.78 is 11.2. The van der Waals surface area contributed by atoms with Crippen molar-refractivity contribution in [3.05, 3.63) is 66.1 Å². The van der Waals surface area contributed by atoms with Crippen LogP contribution in [0.3, 0.4) is 0 Å². The molecular weight excluding hydrogens is 380 g/mol. The maximum absolute atomic E-state index is 10.1. The third kappa shape index (κ3) is 7.17. The van der Waals surface area contributed by atoms with E-state index in [-0.39, 0.29) is 12.1 Å². The summed E-state index contributed by atoms with van der Waals surface area (Å²) in [7, 11) is 0. The van der Waals surface area contributed by atoms with Crippen LogP contribution in [0.4, 0.5) is 0 Å². The van der Waals surface area contributed by atoms with Gasteiger partial charge in [0, 0.05) is 24.3 Å². The van der Waals surface area contributed by atoms with Crippen molar-refractivity contribution in [2.75, 3.05) is 13.2 Å². The summed E-state index contributed by atoms with van der Waals surface area (Å²) in [5.74, 6) is 1.99. The number of H-pyrrole nitrogens is 1. The number of hydrogen-bond acceptors (Lipinski definition) is 6. The largest absolute Gasteiger partial charge is 0.488 e. The highest BCUT2D eigenvalue weighted by Gasteiger charge is 2.19. The first-order valence-electron chi connectivity index (χ1n) is 10.1. The summed E-state index contributed by atoms with van der Waals surface area (Å²) in [6, 6.07) is 11.9. The van der Waals surface area contributed by atoms with E-state index in [4.69, 9.17) is 9.47 Å². The van der Waals surface area contributed by atoms with Gasteiger partial charge in [-0.25, -0.2) is 4.98 Å². The Hall–Kier alpha value is -2.90. The predicted octanol–water partition coefficient (Wildman–Crippen LogP) is 3.65. The summed E-state index contributed by atoms with van der Waals surface area (Å²) in [6.45, 7) is 6.95. The molecule has 0 spiro atoms. The smallest absolute Gasteiger partial charge is 0.219 e. The molecule has 0 fully saturated rings. The minimum absolute atomic E-state index is 0.113. The number of β-amino-alcohol motifs (C(OH)–C–C–N with tert-alkyl or cyclic N) is 1. The molecule has 0 radical (unpaired) electrons. The molecule has 0 aliphatic carbocycles. The molecule has 30 heavy (non-hydrogen) atoms. The van der Waals surface area contributed by atoms with Crippen LogP contribution in [-0.2, 0) is 6.42 Å². The molecule has 3 aromatic rings. The van der Waals surface area contributed by atoms with Crippen LogP contribution in [-0.4, -0.2) is 45.1 Å². The Kier molecular flexibility index (Phi) is 7.43. The van der Waals surface area contributed by atoms with Crippen LogP contribution in [0.15, 0.2) is 55.0 Å². The third-order valence-electron chi connectivity index (χ3n) is 4.80. The van der Waals surface area contributed by atoms with Gasteiger partial charge in [0.25, 0.3) is 0 Å². The van der Waals surface area contributed by atoms with E-state index in [1.807, 2.05) is 31.2 Å². The molecule has 7 heteroatoms. The minimum atomic E-state index is -0.592. The van der Waals surface area contributed by atoms with E-state index in [1.54, 1.807) is 18.6 Å². The summed E-state index contributed by atoms with van der Waals surface area (Å²) in [5.41, 5.74) is 2.22. The molecule has 2 heterocycles. The second kappa shape index (κ2) is 10.2. The highest BCUT2D eigenvalue weighted by molar-refractivity contribution is 5.31. The van der Waals surface area contributed by atoms with Crippen molar-refractivity contribution in [2.24, 2.45) is 0 Å². The zero-order chi connectivity index (χ0) is 21.4. The molecule has 0 aliphatic heterocycles. The average Bonchev–Trinajstić information content (AvgIpc) is 3.26. The summed E-state index contributed by atoms with van der Waals surface area (Å²) in [4.78, 5) is 4.26. The molecule has 160 valence electrons. The zero-order valence-electron chi connectivity index (χ0n) is 17.8. The highest BCUT2D eigenvalue weighted by Crippen LogP contribution is 2.21. The first kappa shape index (κ1) is 21.8. The van der Waals surface area contributed by atoms with E-state index in [0.717, 1.165) is 24.2 Å². The number of aromatic nitrogens is 3. The van der Waals surface area contributed by atoms with Gasteiger partial charge in [0.15, 0.2) is 5.75 Å². The van der Waals surface area contributed by atoms with Crippen LogP contribution in [0, 0.1) is 6.92 Å². The molecule has 0 saturated heterocycles. The van der Waals surface area contributed by atoms with Gasteiger partial charge < -0.3 is 19.9 Å². The van der Waals surface area contributed by atoms with E-state index in [1.165, 1.54) is 5.56 Å². The summed E-state index contributed by atoms with van der Waals surface area (Å²) >= 11 is 0. The van der Waals surface area contributed by atoms with Gasteiger partial charge in [-0.3, -0.25) is 5.10 Å². The fourth-order valence-electron chi connectivity index (χ4n) is 2.87. The van der Waals surface area contributed by atoms with Gasteiger partial charge in [0.2, 0.25) is 5.88 Å². The molecule has 7 nitrogen and oxygen atoms in total. The quantitative estimate of drug-likeness (QED) is 0.447. The zero-order valence-corrected chi connectivity index (χ0v) is 17.8. The monoisotopic (exact) mass is 410 g/mol. The lowest BCUT2D eigenvalue weighted by Gasteiger charge is -2.28. The number of rotatable bonds is 11. The molecule has 1 atom stereocenters. The number of benzene rings is 1. The van der Waals surface area contributed by atoms with Crippen molar-refractivity contribution in [2.45, 2.75) is 45.3 Å². The fourth-order valence-corrected chi connectivity index (χ4v) is 2.87. The van der Waals surface area contributed by atoms with Crippen LogP contribution in [0.2, 0.25) is 0 Å². The van der Waals surface area contributed by atoms with E-state index in [0.29, 0.717) is 18.2 Å². The highest BCUT2D eigenvalue weighted by atomic mass is 16.5. The summed E-state index contributed by atoms with van der Waals surface area (Å²) in [6.07, 6.45) is 6.28. The second-order valence-corrected chi connectivity index (χ2v) is 8.08. The molecule has 1 unspecified atom stereocenters. The first-order valence-corrected chi connectivity index (χ1v) is 10.1. The number of ether oxygens (including phenoxy) is 2. The Morgan fingerprint density at radius 1 is 1.10 bits per heavy atom. The maximum Gasteiger partial charge on any atom is 0.219 e. The number of aliphatic hydroxyl groups is 1. The van der Waals surface area contributed by atoms with Gasteiger partial charge >= 0.3 is 0 Å². The topological polar surface area (TPSA) is 92.3 Å². The van der Waals surface area contributed by atoms with E-state index in [2.05, 4.69) is 46.5 Å². The number of aryl methyl sites for hydroxylation is 2. The molecule has 1 aromatic carbocycles. The maximum atomic E-state index is 10.1. The SMILES string of the molecule is Cc1ccc(Oc2ccc(CCC(C)(C)NCC(O)COc3cn[nH]c3)cc2)nc1. The van der Waals surface area contributed by atoms with E-state index in [9.17, 15) is 5.11 Å². The lowest BCUT2D eigenvalue weighted by atomic mass is 9.95. The normalized spacial score (nSPS) is 12.5. The lowest BCUT2D eigenvalue weighted by Crippen LogP contribution is -2.45. The average molecular weight is 411 g/mol.